The van der Waals surface area contributed by atoms with Crippen molar-refractivity contribution in [1.82, 2.24) is 15.6 Å². The van der Waals surface area contributed by atoms with Crippen LogP contribution in [0.2, 0.25) is 5.02 Å². The molecule has 8 heteroatoms. The molecule has 0 radical (unpaired) electrons. The van der Waals surface area contributed by atoms with Crippen molar-refractivity contribution in [2.45, 2.75) is 84.3 Å². The van der Waals surface area contributed by atoms with E-state index in [1.807, 2.05) is 32.9 Å². The van der Waals surface area contributed by atoms with Crippen LogP contribution in [-0.4, -0.2) is 34.9 Å². The molecule has 1 saturated heterocycles. The van der Waals surface area contributed by atoms with Gasteiger partial charge in [0.25, 0.3) is 11.5 Å². The molecule has 1 aromatic carbocycles. The molecule has 1 saturated carbocycles. The zero-order valence-electron chi connectivity index (χ0n) is 21.0. The summed E-state index contributed by atoms with van der Waals surface area (Å²) < 4.78 is 0. The van der Waals surface area contributed by atoms with Crippen LogP contribution in [-0.2, 0) is 11.3 Å². The number of anilines is 1. The first-order valence-corrected chi connectivity index (χ1v) is 12.9. The summed E-state index contributed by atoms with van der Waals surface area (Å²) in [5.74, 6) is -0.0853. The van der Waals surface area contributed by atoms with Crippen molar-refractivity contribution in [3.8, 4) is 0 Å². The summed E-state index contributed by atoms with van der Waals surface area (Å²) in [6.45, 7) is 8.72. The molecule has 188 valence electrons. The van der Waals surface area contributed by atoms with E-state index in [2.05, 4.69) is 27.4 Å². The smallest absolute Gasteiger partial charge is 0.253 e. The first kappa shape index (κ1) is 25.3. The van der Waals surface area contributed by atoms with Gasteiger partial charge in [-0.05, 0) is 89.1 Å². The maximum Gasteiger partial charge on any atom is 0.253 e. The van der Waals surface area contributed by atoms with Gasteiger partial charge in [-0.2, -0.15) is 0 Å². The third-order valence-electron chi connectivity index (χ3n) is 7.75. The first-order valence-electron chi connectivity index (χ1n) is 12.5. The summed E-state index contributed by atoms with van der Waals surface area (Å²) in [6, 6.07) is 5.86. The average Bonchev–Trinajstić information content (AvgIpc) is 3.16. The van der Waals surface area contributed by atoms with Gasteiger partial charge in [0.05, 0.1) is 0 Å². The second kappa shape index (κ2) is 10.1. The van der Waals surface area contributed by atoms with Crippen molar-refractivity contribution in [2.75, 3.05) is 11.4 Å². The Labute approximate surface area is 211 Å². The number of pyridine rings is 1. The number of hydrogen-bond donors (Lipinski definition) is 3. The minimum Gasteiger partial charge on any atom is -0.369 e. The van der Waals surface area contributed by atoms with Crippen LogP contribution < -0.4 is 21.1 Å². The molecule has 4 rings (SSSR count). The zero-order chi connectivity index (χ0) is 25.3. The van der Waals surface area contributed by atoms with Crippen LogP contribution >= 0.6 is 11.6 Å². The average molecular weight is 499 g/mol. The standard InChI is InChI=1S/C27H35ClN4O3/c1-5-32(20-6-9-27(10-7-20)11-8-24(33)31-27)23-14-19(28)13-21(18(23)4)25(34)29-15-22-16(2)12-17(3)30-26(22)35/h12-14,20H,5-11,15H2,1-4H3,(H,29,34)(H,30,35)(H,31,33)/t20-,27+. The molecule has 1 spiro atoms. The number of carbonyl (C=O) groups is 2. The minimum atomic E-state index is -0.252. The van der Waals surface area contributed by atoms with Gasteiger partial charge in [-0.1, -0.05) is 11.6 Å². The van der Waals surface area contributed by atoms with E-state index in [4.69, 9.17) is 11.6 Å². The Balaban J connectivity index is 1.52. The number of nitrogens with one attached hydrogen (secondary N) is 3. The normalized spacial score (nSPS) is 21.7. The van der Waals surface area contributed by atoms with E-state index in [1.54, 1.807) is 6.07 Å². The molecule has 35 heavy (non-hydrogen) atoms. The summed E-state index contributed by atoms with van der Waals surface area (Å²) in [7, 11) is 0. The lowest BCUT2D eigenvalue weighted by Crippen LogP contribution is -2.49. The van der Waals surface area contributed by atoms with Crippen molar-refractivity contribution in [2.24, 2.45) is 0 Å². The van der Waals surface area contributed by atoms with Gasteiger partial charge in [0.2, 0.25) is 5.91 Å². The second-order valence-electron chi connectivity index (χ2n) is 10.1. The molecule has 1 aliphatic carbocycles. The van der Waals surface area contributed by atoms with E-state index in [1.165, 1.54) is 0 Å². The van der Waals surface area contributed by atoms with E-state index in [9.17, 15) is 14.4 Å². The molecule has 2 amide bonds. The zero-order valence-corrected chi connectivity index (χ0v) is 21.8. The maximum atomic E-state index is 13.2. The summed E-state index contributed by atoms with van der Waals surface area (Å²) in [5.41, 5.74) is 4.33. The Bertz CT molecular complexity index is 1200. The number of hydrogen-bond acceptors (Lipinski definition) is 4. The van der Waals surface area contributed by atoms with E-state index in [0.717, 1.165) is 61.2 Å². The Morgan fingerprint density at radius 2 is 1.86 bits per heavy atom. The highest BCUT2D eigenvalue weighted by atomic mass is 35.5. The van der Waals surface area contributed by atoms with Gasteiger partial charge in [-0.3, -0.25) is 14.4 Å². The molecule has 2 fully saturated rings. The third kappa shape index (κ3) is 5.25. The number of aromatic amines is 1. The van der Waals surface area contributed by atoms with Crippen molar-refractivity contribution in [1.29, 1.82) is 0 Å². The van der Waals surface area contributed by atoms with Crippen LogP contribution in [0.1, 0.15) is 78.2 Å². The van der Waals surface area contributed by atoms with Crippen LogP contribution in [0.3, 0.4) is 0 Å². The number of aromatic nitrogens is 1. The van der Waals surface area contributed by atoms with Crippen molar-refractivity contribution in [3.63, 3.8) is 0 Å². The van der Waals surface area contributed by atoms with Crippen LogP contribution in [0, 0.1) is 20.8 Å². The number of aryl methyl sites for hydroxylation is 2. The molecule has 3 N–H and O–H groups in total. The Kier molecular flexibility index (Phi) is 7.27. The highest BCUT2D eigenvalue weighted by Crippen LogP contribution is 2.39. The van der Waals surface area contributed by atoms with Crippen molar-refractivity contribution >= 4 is 29.1 Å². The number of amides is 2. The fraction of sp³-hybridized carbons (Fsp3) is 0.519. The molecule has 0 bridgehead atoms. The number of halogens is 1. The van der Waals surface area contributed by atoms with E-state index >= 15 is 0 Å². The van der Waals surface area contributed by atoms with Crippen molar-refractivity contribution < 1.29 is 9.59 Å². The largest absolute Gasteiger partial charge is 0.369 e. The van der Waals surface area contributed by atoms with Gasteiger partial charge in [-0.25, -0.2) is 0 Å². The molecule has 0 unspecified atom stereocenters. The van der Waals surface area contributed by atoms with Gasteiger partial charge in [0, 0.05) is 58.6 Å². The van der Waals surface area contributed by atoms with Crippen LogP contribution in [0.15, 0.2) is 23.0 Å². The maximum absolute atomic E-state index is 13.2. The molecular weight excluding hydrogens is 464 g/mol. The number of nitrogens with zero attached hydrogens (tertiary/aromatic N) is 1. The Morgan fingerprint density at radius 1 is 1.14 bits per heavy atom. The van der Waals surface area contributed by atoms with Gasteiger partial charge < -0.3 is 20.5 Å². The number of H-pyrrole nitrogens is 1. The van der Waals surface area contributed by atoms with Gasteiger partial charge >= 0.3 is 0 Å². The molecule has 0 atom stereocenters. The quantitative estimate of drug-likeness (QED) is 0.553. The summed E-state index contributed by atoms with van der Waals surface area (Å²) in [4.78, 5) is 42.5. The second-order valence-corrected chi connectivity index (χ2v) is 10.5. The number of benzene rings is 1. The van der Waals surface area contributed by atoms with Crippen LogP contribution in [0.5, 0.6) is 0 Å². The van der Waals surface area contributed by atoms with Gasteiger partial charge in [0.1, 0.15) is 0 Å². The lowest BCUT2D eigenvalue weighted by Gasteiger charge is -2.43. The van der Waals surface area contributed by atoms with Gasteiger partial charge in [-0.15, -0.1) is 0 Å². The topological polar surface area (TPSA) is 94.3 Å². The van der Waals surface area contributed by atoms with Gasteiger partial charge in [0.15, 0.2) is 0 Å². The molecule has 1 aromatic heterocycles. The number of rotatable bonds is 6. The monoisotopic (exact) mass is 498 g/mol. The molecule has 2 heterocycles. The summed E-state index contributed by atoms with van der Waals surface area (Å²) in [6.07, 6.45) is 5.46. The SMILES string of the molecule is CCN(c1cc(Cl)cc(C(=O)NCc2c(C)cc(C)[nH]c2=O)c1C)[C@H]1CC[C@]2(CCC(=O)N2)CC1. The Morgan fingerprint density at radius 3 is 2.46 bits per heavy atom. The fourth-order valence-corrected chi connectivity index (χ4v) is 6.02. The molecular formula is C27H35ClN4O3. The van der Waals surface area contributed by atoms with Crippen molar-refractivity contribution in [3.05, 3.63) is 61.5 Å². The first-order chi connectivity index (χ1) is 16.6. The highest BCUT2D eigenvalue weighted by Gasteiger charge is 2.41. The summed E-state index contributed by atoms with van der Waals surface area (Å²) >= 11 is 6.50. The predicted octanol–water partition coefficient (Wildman–Crippen LogP) is 4.30. The predicted molar refractivity (Wildman–Crippen MR) is 139 cm³/mol. The minimum absolute atomic E-state index is 0.0344. The Hall–Kier alpha value is -2.80. The molecule has 1 aliphatic heterocycles. The highest BCUT2D eigenvalue weighted by molar-refractivity contribution is 6.31. The number of carbonyl (C=O) groups excluding carboxylic acids is 2. The van der Waals surface area contributed by atoms with E-state index < -0.39 is 0 Å². The summed E-state index contributed by atoms with van der Waals surface area (Å²) in [5, 5.41) is 6.63. The molecule has 7 nitrogen and oxygen atoms in total. The molecule has 2 aromatic rings. The fourth-order valence-electron chi connectivity index (χ4n) is 5.80. The van der Waals surface area contributed by atoms with Crippen LogP contribution in [0.4, 0.5) is 5.69 Å². The van der Waals surface area contributed by atoms with Crippen LogP contribution in [0.25, 0.3) is 0 Å². The van der Waals surface area contributed by atoms with E-state index in [0.29, 0.717) is 28.6 Å². The lowest BCUT2D eigenvalue weighted by atomic mass is 9.78. The molecule has 2 aliphatic rings. The lowest BCUT2D eigenvalue weighted by molar-refractivity contribution is -0.120. The third-order valence-corrected chi connectivity index (χ3v) is 7.97. The van der Waals surface area contributed by atoms with E-state index in [-0.39, 0.29) is 29.5 Å².